The first-order chi connectivity index (χ1) is 10.2. The number of fused-ring (bicyclic) bond motifs is 1. The number of methoxy groups -OCH3 is 1. The van der Waals surface area contributed by atoms with Gasteiger partial charge in [0.25, 0.3) is 0 Å². The number of nitrogens with zero attached hydrogens (tertiary/aromatic N) is 3. The van der Waals surface area contributed by atoms with Crippen LogP contribution in [0.4, 0.5) is 0 Å². The third-order valence-corrected chi connectivity index (χ3v) is 4.63. The Hall–Kier alpha value is -1.57. The van der Waals surface area contributed by atoms with E-state index in [2.05, 4.69) is 15.6 Å². The standard InChI is InChI=1S/C16H18ClN3O/c1-21-16(7-3-8-16)11-20-13-5-2-4-12(10-18)15(13)19-14(20)6-9-17/h2,4-5H,3,6-9,11H2,1H3. The number of alkyl halides is 1. The van der Waals surface area contributed by atoms with Crippen LogP contribution in [0, 0.1) is 11.3 Å². The molecule has 1 aromatic heterocycles. The fourth-order valence-corrected chi connectivity index (χ4v) is 3.19. The van der Waals surface area contributed by atoms with Gasteiger partial charge in [0, 0.05) is 19.4 Å². The first kappa shape index (κ1) is 14.4. The van der Waals surface area contributed by atoms with Crippen LogP contribution in [-0.2, 0) is 17.7 Å². The molecule has 1 heterocycles. The van der Waals surface area contributed by atoms with Crippen molar-refractivity contribution in [2.24, 2.45) is 0 Å². The van der Waals surface area contributed by atoms with Crippen molar-refractivity contribution in [2.75, 3.05) is 13.0 Å². The number of halogens is 1. The molecular weight excluding hydrogens is 286 g/mol. The van der Waals surface area contributed by atoms with Crippen LogP contribution in [0.1, 0.15) is 30.7 Å². The van der Waals surface area contributed by atoms with Gasteiger partial charge in [0.15, 0.2) is 0 Å². The first-order valence-electron chi connectivity index (χ1n) is 7.22. The molecule has 1 fully saturated rings. The van der Waals surface area contributed by atoms with Crippen LogP contribution < -0.4 is 0 Å². The number of hydrogen-bond donors (Lipinski definition) is 0. The van der Waals surface area contributed by atoms with Crippen LogP contribution in [0.3, 0.4) is 0 Å². The number of imidazole rings is 1. The Morgan fingerprint density at radius 2 is 2.29 bits per heavy atom. The van der Waals surface area contributed by atoms with E-state index in [-0.39, 0.29) is 5.60 Å². The van der Waals surface area contributed by atoms with E-state index in [1.807, 2.05) is 12.1 Å². The number of aromatic nitrogens is 2. The van der Waals surface area contributed by atoms with Gasteiger partial charge in [-0.25, -0.2) is 4.98 Å². The molecule has 0 amide bonds. The molecular formula is C16H18ClN3O. The summed E-state index contributed by atoms with van der Waals surface area (Å²) >= 11 is 5.91. The lowest BCUT2D eigenvalue weighted by Gasteiger charge is -2.41. The van der Waals surface area contributed by atoms with Crippen LogP contribution in [0.5, 0.6) is 0 Å². The largest absolute Gasteiger partial charge is 0.376 e. The summed E-state index contributed by atoms with van der Waals surface area (Å²) in [6.07, 6.45) is 4.04. The van der Waals surface area contributed by atoms with Gasteiger partial charge in [-0.2, -0.15) is 5.26 Å². The van der Waals surface area contributed by atoms with E-state index in [1.54, 1.807) is 13.2 Å². The van der Waals surface area contributed by atoms with Gasteiger partial charge >= 0.3 is 0 Å². The molecule has 0 saturated heterocycles. The lowest BCUT2D eigenvalue weighted by Crippen LogP contribution is -2.43. The molecule has 0 bridgehead atoms. The first-order valence-corrected chi connectivity index (χ1v) is 7.76. The fraction of sp³-hybridized carbons (Fsp3) is 0.500. The maximum Gasteiger partial charge on any atom is 0.111 e. The van der Waals surface area contributed by atoms with E-state index in [4.69, 9.17) is 16.3 Å². The summed E-state index contributed by atoms with van der Waals surface area (Å²) in [5.41, 5.74) is 2.29. The highest BCUT2D eigenvalue weighted by molar-refractivity contribution is 6.17. The Balaban J connectivity index is 2.10. The summed E-state index contributed by atoms with van der Waals surface area (Å²) < 4.78 is 7.92. The third-order valence-electron chi connectivity index (χ3n) is 4.44. The van der Waals surface area contributed by atoms with Crippen molar-refractivity contribution in [3.05, 3.63) is 29.6 Å². The van der Waals surface area contributed by atoms with Crippen molar-refractivity contribution in [1.82, 2.24) is 9.55 Å². The number of rotatable bonds is 5. The van der Waals surface area contributed by atoms with Gasteiger partial charge in [-0.15, -0.1) is 11.6 Å². The van der Waals surface area contributed by atoms with Crippen molar-refractivity contribution in [2.45, 2.75) is 37.8 Å². The number of nitriles is 1. The molecule has 0 radical (unpaired) electrons. The summed E-state index contributed by atoms with van der Waals surface area (Å²) in [5.74, 6) is 1.46. The number of para-hydroxylation sites is 1. The molecule has 21 heavy (non-hydrogen) atoms. The van der Waals surface area contributed by atoms with Crippen molar-refractivity contribution in [3.63, 3.8) is 0 Å². The second-order valence-electron chi connectivity index (χ2n) is 5.58. The van der Waals surface area contributed by atoms with E-state index in [0.29, 0.717) is 17.9 Å². The lowest BCUT2D eigenvalue weighted by atomic mass is 9.80. The molecule has 1 saturated carbocycles. The Morgan fingerprint density at radius 1 is 1.48 bits per heavy atom. The molecule has 3 rings (SSSR count). The molecule has 1 aliphatic carbocycles. The van der Waals surface area contributed by atoms with E-state index in [1.165, 1.54) is 6.42 Å². The molecule has 0 N–H and O–H groups in total. The van der Waals surface area contributed by atoms with Gasteiger partial charge in [0.1, 0.15) is 17.4 Å². The third kappa shape index (κ3) is 2.41. The second kappa shape index (κ2) is 5.67. The smallest absolute Gasteiger partial charge is 0.111 e. The number of aryl methyl sites for hydroxylation is 1. The van der Waals surface area contributed by atoms with Gasteiger partial charge in [0.05, 0.1) is 23.2 Å². The molecule has 2 aromatic rings. The molecule has 0 aliphatic heterocycles. The fourth-order valence-electron chi connectivity index (χ4n) is 3.02. The highest BCUT2D eigenvalue weighted by atomic mass is 35.5. The highest BCUT2D eigenvalue weighted by Gasteiger charge is 2.38. The topological polar surface area (TPSA) is 50.8 Å². The minimum Gasteiger partial charge on any atom is -0.376 e. The predicted octanol–water partition coefficient (Wildman–Crippen LogP) is 3.26. The molecule has 110 valence electrons. The van der Waals surface area contributed by atoms with Crippen molar-refractivity contribution in [1.29, 1.82) is 5.26 Å². The summed E-state index contributed by atoms with van der Waals surface area (Å²) in [5, 5.41) is 9.25. The highest BCUT2D eigenvalue weighted by Crippen LogP contribution is 2.37. The Bertz CT molecular complexity index is 692. The number of ether oxygens (including phenoxy) is 1. The predicted molar refractivity (Wildman–Crippen MR) is 82.5 cm³/mol. The molecule has 0 unspecified atom stereocenters. The van der Waals surface area contributed by atoms with E-state index in [9.17, 15) is 5.26 Å². The van der Waals surface area contributed by atoms with Crippen LogP contribution in [-0.4, -0.2) is 28.1 Å². The van der Waals surface area contributed by atoms with Crippen molar-refractivity contribution < 1.29 is 4.74 Å². The molecule has 0 atom stereocenters. The van der Waals surface area contributed by atoms with Gasteiger partial charge in [-0.05, 0) is 31.4 Å². The van der Waals surface area contributed by atoms with Crippen molar-refractivity contribution >= 4 is 22.6 Å². The average Bonchev–Trinajstić information content (AvgIpc) is 2.80. The zero-order chi connectivity index (χ0) is 14.9. The molecule has 0 spiro atoms. The summed E-state index contributed by atoms with van der Waals surface area (Å²) in [6.45, 7) is 0.779. The van der Waals surface area contributed by atoms with Crippen LogP contribution in [0.2, 0.25) is 0 Å². The van der Waals surface area contributed by atoms with Gasteiger partial charge in [0.2, 0.25) is 0 Å². The molecule has 4 nitrogen and oxygen atoms in total. The summed E-state index contributed by atoms with van der Waals surface area (Å²) in [4.78, 5) is 4.65. The Morgan fingerprint density at radius 3 is 2.86 bits per heavy atom. The average molecular weight is 304 g/mol. The van der Waals surface area contributed by atoms with Crippen molar-refractivity contribution in [3.8, 4) is 6.07 Å². The molecule has 5 heteroatoms. The lowest BCUT2D eigenvalue weighted by molar-refractivity contribution is -0.0832. The Labute approximate surface area is 129 Å². The Kier molecular flexibility index (Phi) is 3.88. The van der Waals surface area contributed by atoms with Gasteiger partial charge in [-0.3, -0.25) is 0 Å². The van der Waals surface area contributed by atoms with Crippen LogP contribution in [0.25, 0.3) is 11.0 Å². The normalized spacial score (nSPS) is 16.6. The van der Waals surface area contributed by atoms with E-state index in [0.717, 1.165) is 36.2 Å². The summed E-state index contributed by atoms with van der Waals surface area (Å²) in [7, 11) is 1.78. The van der Waals surface area contributed by atoms with Gasteiger partial charge < -0.3 is 9.30 Å². The van der Waals surface area contributed by atoms with Crippen LogP contribution >= 0.6 is 11.6 Å². The number of benzene rings is 1. The van der Waals surface area contributed by atoms with E-state index < -0.39 is 0 Å². The van der Waals surface area contributed by atoms with E-state index >= 15 is 0 Å². The quantitative estimate of drug-likeness (QED) is 0.797. The zero-order valence-corrected chi connectivity index (χ0v) is 12.9. The molecule has 1 aromatic carbocycles. The maximum absolute atomic E-state index is 9.25. The molecule has 1 aliphatic rings. The minimum atomic E-state index is -0.0860. The summed E-state index contributed by atoms with van der Waals surface area (Å²) in [6, 6.07) is 7.95. The number of hydrogen-bond acceptors (Lipinski definition) is 3. The maximum atomic E-state index is 9.25. The SMILES string of the molecule is COC1(Cn2c(CCCl)nc3c(C#N)cccc32)CCC1. The van der Waals surface area contributed by atoms with Crippen LogP contribution in [0.15, 0.2) is 18.2 Å². The monoisotopic (exact) mass is 303 g/mol. The minimum absolute atomic E-state index is 0.0860. The second-order valence-corrected chi connectivity index (χ2v) is 5.96. The zero-order valence-electron chi connectivity index (χ0n) is 12.1. The van der Waals surface area contributed by atoms with Gasteiger partial charge in [-0.1, -0.05) is 6.07 Å².